The Labute approximate surface area is 175 Å². The molecule has 4 rings (SSSR count). The smallest absolute Gasteiger partial charge is 0.272 e. The number of carbonyl (C=O) groups is 2. The molecule has 0 bridgehead atoms. The predicted molar refractivity (Wildman–Crippen MR) is 117 cm³/mol. The van der Waals surface area contributed by atoms with Crippen molar-refractivity contribution in [1.82, 2.24) is 9.88 Å². The SMILES string of the molecule is COc1cc(C(=O)N2CCN(c3ccc(NC(C)=O)cc3)CC2)nc2ccccc12. The van der Waals surface area contributed by atoms with Crippen molar-refractivity contribution >= 4 is 34.1 Å². The summed E-state index contributed by atoms with van der Waals surface area (Å²) in [5.74, 6) is 0.482. The number of aromatic nitrogens is 1. The molecule has 0 unspecified atom stereocenters. The first kappa shape index (κ1) is 19.7. The van der Waals surface area contributed by atoms with E-state index in [2.05, 4.69) is 15.2 Å². The third-order valence-electron chi connectivity index (χ3n) is 5.24. The molecule has 2 aromatic carbocycles. The van der Waals surface area contributed by atoms with Crippen molar-refractivity contribution in [2.45, 2.75) is 6.92 Å². The van der Waals surface area contributed by atoms with Crippen LogP contribution in [0.15, 0.2) is 54.6 Å². The highest BCUT2D eigenvalue weighted by molar-refractivity contribution is 5.97. The molecule has 2 heterocycles. The summed E-state index contributed by atoms with van der Waals surface area (Å²) in [5, 5.41) is 3.66. The minimum Gasteiger partial charge on any atom is -0.496 e. The molecule has 0 radical (unpaired) electrons. The normalized spacial score (nSPS) is 13.9. The minimum absolute atomic E-state index is 0.0836. The van der Waals surface area contributed by atoms with E-state index < -0.39 is 0 Å². The molecular formula is C23H24N4O3. The Hall–Kier alpha value is -3.61. The Bertz CT molecular complexity index is 1070. The van der Waals surface area contributed by atoms with Crippen LogP contribution in [0, 0.1) is 0 Å². The van der Waals surface area contributed by atoms with Gasteiger partial charge in [-0.3, -0.25) is 9.59 Å². The molecular weight excluding hydrogens is 380 g/mol. The first-order valence-corrected chi connectivity index (χ1v) is 9.91. The maximum atomic E-state index is 13.1. The summed E-state index contributed by atoms with van der Waals surface area (Å²) in [6.07, 6.45) is 0. The van der Waals surface area contributed by atoms with Gasteiger partial charge in [0.25, 0.3) is 5.91 Å². The number of pyridine rings is 1. The number of piperazine rings is 1. The van der Waals surface area contributed by atoms with Crippen molar-refractivity contribution in [3.8, 4) is 5.75 Å². The second kappa shape index (κ2) is 8.41. The van der Waals surface area contributed by atoms with Crippen LogP contribution in [-0.2, 0) is 4.79 Å². The molecule has 1 N–H and O–H groups in total. The van der Waals surface area contributed by atoms with Gasteiger partial charge in [0, 0.05) is 55.9 Å². The number of ether oxygens (including phenoxy) is 1. The number of amides is 2. The first-order chi connectivity index (χ1) is 14.5. The maximum Gasteiger partial charge on any atom is 0.272 e. The second-order valence-corrected chi connectivity index (χ2v) is 7.23. The zero-order valence-electron chi connectivity index (χ0n) is 17.1. The van der Waals surface area contributed by atoms with Gasteiger partial charge in [0.1, 0.15) is 11.4 Å². The molecule has 1 aliphatic heterocycles. The van der Waals surface area contributed by atoms with Gasteiger partial charge >= 0.3 is 0 Å². The Balaban J connectivity index is 1.44. The van der Waals surface area contributed by atoms with Crippen LogP contribution < -0.4 is 15.0 Å². The number of carbonyl (C=O) groups excluding carboxylic acids is 2. The average Bonchev–Trinajstić information content (AvgIpc) is 2.78. The van der Waals surface area contributed by atoms with Crippen molar-refractivity contribution in [3.63, 3.8) is 0 Å². The van der Waals surface area contributed by atoms with Crippen molar-refractivity contribution in [2.24, 2.45) is 0 Å². The van der Waals surface area contributed by atoms with Gasteiger partial charge in [-0.25, -0.2) is 4.98 Å². The lowest BCUT2D eigenvalue weighted by Gasteiger charge is -2.36. The molecule has 30 heavy (non-hydrogen) atoms. The summed E-state index contributed by atoms with van der Waals surface area (Å²) in [7, 11) is 1.60. The van der Waals surface area contributed by atoms with E-state index in [4.69, 9.17) is 4.74 Å². The Morgan fingerprint density at radius 1 is 1.00 bits per heavy atom. The third kappa shape index (κ3) is 4.05. The van der Waals surface area contributed by atoms with Crippen LogP contribution in [0.2, 0.25) is 0 Å². The molecule has 0 aliphatic carbocycles. The van der Waals surface area contributed by atoms with Gasteiger partial charge in [-0.1, -0.05) is 12.1 Å². The zero-order valence-corrected chi connectivity index (χ0v) is 17.1. The topological polar surface area (TPSA) is 74.8 Å². The number of hydrogen-bond donors (Lipinski definition) is 1. The molecule has 2 amide bonds. The lowest BCUT2D eigenvalue weighted by atomic mass is 10.1. The second-order valence-electron chi connectivity index (χ2n) is 7.23. The van der Waals surface area contributed by atoms with E-state index in [1.807, 2.05) is 53.4 Å². The molecule has 3 aromatic rings. The number of hydrogen-bond acceptors (Lipinski definition) is 5. The van der Waals surface area contributed by atoms with E-state index in [0.717, 1.165) is 35.4 Å². The van der Waals surface area contributed by atoms with Crippen molar-refractivity contribution in [2.75, 3.05) is 43.5 Å². The molecule has 154 valence electrons. The number of anilines is 2. The van der Waals surface area contributed by atoms with Crippen LogP contribution in [0.5, 0.6) is 5.75 Å². The van der Waals surface area contributed by atoms with Gasteiger partial charge < -0.3 is 19.9 Å². The summed E-state index contributed by atoms with van der Waals surface area (Å²) in [4.78, 5) is 32.8. The van der Waals surface area contributed by atoms with E-state index in [0.29, 0.717) is 24.5 Å². The third-order valence-corrected chi connectivity index (χ3v) is 5.24. The number of rotatable bonds is 4. The van der Waals surface area contributed by atoms with Crippen molar-refractivity contribution in [1.29, 1.82) is 0 Å². The van der Waals surface area contributed by atoms with Crippen molar-refractivity contribution < 1.29 is 14.3 Å². The molecule has 7 heteroatoms. The first-order valence-electron chi connectivity index (χ1n) is 9.91. The quantitative estimate of drug-likeness (QED) is 0.723. The standard InChI is InChI=1S/C23H24N4O3/c1-16(28)24-17-7-9-18(10-8-17)26-11-13-27(14-12-26)23(29)21-15-22(30-2)19-5-3-4-6-20(19)25-21/h3-10,15H,11-14H2,1-2H3,(H,24,28). The molecule has 7 nitrogen and oxygen atoms in total. The van der Waals surface area contributed by atoms with Gasteiger partial charge in [-0.15, -0.1) is 0 Å². The molecule has 1 aliphatic rings. The van der Waals surface area contributed by atoms with Crippen LogP contribution in [0.4, 0.5) is 11.4 Å². The van der Waals surface area contributed by atoms with E-state index in [1.54, 1.807) is 13.2 Å². The average molecular weight is 404 g/mol. The highest BCUT2D eigenvalue weighted by Gasteiger charge is 2.24. The zero-order chi connectivity index (χ0) is 21.1. The number of nitrogens with one attached hydrogen (secondary N) is 1. The predicted octanol–water partition coefficient (Wildman–Crippen LogP) is 3.16. The monoisotopic (exact) mass is 404 g/mol. The number of benzene rings is 2. The summed E-state index contributed by atoms with van der Waals surface area (Å²) in [5.41, 5.74) is 3.00. The Kier molecular flexibility index (Phi) is 5.52. The van der Waals surface area contributed by atoms with Crippen LogP contribution in [-0.4, -0.2) is 55.0 Å². The van der Waals surface area contributed by atoms with Crippen LogP contribution in [0.3, 0.4) is 0 Å². The van der Waals surface area contributed by atoms with E-state index in [1.165, 1.54) is 6.92 Å². The van der Waals surface area contributed by atoms with Gasteiger partial charge in [0.05, 0.1) is 12.6 Å². The highest BCUT2D eigenvalue weighted by Crippen LogP contribution is 2.26. The van der Waals surface area contributed by atoms with Crippen LogP contribution in [0.1, 0.15) is 17.4 Å². The molecule has 1 saturated heterocycles. The van der Waals surface area contributed by atoms with Gasteiger partial charge in [0.2, 0.25) is 5.91 Å². The lowest BCUT2D eigenvalue weighted by Crippen LogP contribution is -2.49. The van der Waals surface area contributed by atoms with E-state index in [-0.39, 0.29) is 11.8 Å². The fourth-order valence-corrected chi connectivity index (χ4v) is 3.71. The van der Waals surface area contributed by atoms with Crippen LogP contribution >= 0.6 is 0 Å². The lowest BCUT2D eigenvalue weighted by molar-refractivity contribution is -0.114. The number of fused-ring (bicyclic) bond motifs is 1. The van der Waals surface area contributed by atoms with E-state index in [9.17, 15) is 9.59 Å². The summed E-state index contributed by atoms with van der Waals surface area (Å²) >= 11 is 0. The summed E-state index contributed by atoms with van der Waals surface area (Å²) in [6.45, 7) is 4.18. The van der Waals surface area contributed by atoms with Crippen molar-refractivity contribution in [3.05, 3.63) is 60.3 Å². The van der Waals surface area contributed by atoms with Gasteiger partial charge in [0.15, 0.2) is 0 Å². The fourth-order valence-electron chi connectivity index (χ4n) is 3.71. The molecule has 1 fully saturated rings. The Morgan fingerprint density at radius 3 is 2.37 bits per heavy atom. The largest absolute Gasteiger partial charge is 0.496 e. The van der Waals surface area contributed by atoms with E-state index >= 15 is 0 Å². The number of methoxy groups -OCH3 is 1. The number of para-hydroxylation sites is 1. The summed E-state index contributed by atoms with van der Waals surface area (Å²) < 4.78 is 5.47. The number of nitrogens with zero attached hydrogens (tertiary/aromatic N) is 3. The summed E-state index contributed by atoms with van der Waals surface area (Å²) in [6, 6.07) is 17.1. The maximum absolute atomic E-state index is 13.1. The molecule has 0 saturated carbocycles. The highest BCUT2D eigenvalue weighted by atomic mass is 16.5. The Morgan fingerprint density at radius 2 is 1.70 bits per heavy atom. The molecule has 0 atom stereocenters. The van der Waals surface area contributed by atoms with Crippen LogP contribution in [0.25, 0.3) is 10.9 Å². The van der Waals surface area contributed by atoms with Gasteiger partial charge in [-0.05, 0) is 36.4 Å². The molecule has 0 spiro atoms. The minimum atomic E-state index is -0.0891. The van der Waals surface area contributed by atoms with Gasteiger partial charge in [-0.2, -0.15) is 0 Å². The fraction of sp³-hybridized carbons (Fsp3) is 0.261. The molecule has 1 aromatic heterocycles.